The molecule has 0 amide bonds. The Morgan fingerprint density at radius 3 is 2.78 bits per heavy atom. The van der Waals surface area contributed by atoms with Crippen molar-refractivity contribution < 1.29 is 0 Å². The number of fused-ring (bicyclic) bond motifs is 1. The lowest BCUT2D eigenvalue weighted by Crippen LogP contribution is -2.17. The van der Waals surface area contributed by atoms with Crippen LogP contribution in [0.2, 0.25) is 0 Å². The molecule has 3 fully saturated rings. The van der Waals surface area contributed by atoms with Crippen molar-refractivity contribution in [2.75, 3.05) is 18.8 Å². The summed E-state index contributed by atoms with van der Waals surface area (Å²) < 4.78 is 2.48. The van der Waals surface area contributed by atoms with Crippen LogP contribution in [0.4, 0.5) is 5.82 Å². The number of aryl methyl sites for hydroxylation is 1. The van der Waals surface area contributed by atoms with Crippen molar-refractivity contribution in [1.82, 2.24) is 19.9 Å². The Hall–Kier alpha value is -1.88. The van der Waals surface area contributed by atoms with E-state index in [9.17, 15) is 0 Å². The molecule has 0 bridgehead atoms. The second-order valence-corrected chi connectivity index (χ2v) is 7.50. The van der Waals surface area contributed by atoms with E-state index in [4.69, 9.17) is 10.7 Å². The highest BCUT2D eigenvalue weighted by Gasteiger charge is 2.54. The van der Waals surface area contributed by atoms with Gasteiger partial charge >= 0.3 is 0 Å². The summed E-state index contributed by atoms with van der Waals surface area (Å²) in [5.41, 5.74) is 9.00. The van der Waals surface area contributed by atoms with Gasteiger partial charge in [0.1, 0.15) is 11.6 Å². The second-order valence-electron chi connectivity index (χ2n) is 7.50. The van der Waals surface area contributed by atoms with Crippen LogP contribution in [0.25, 0.3) is 11.3 Å². The summed E-state index contributed by atoms with van der Waals surface area (Å²) in [6.45, 7) is 4.33. The Bertz CT molecular complexity index is 751. The Kier molecular flexibility index (Phi) is 2.83. The molecule has 0 radical (unpaired) electrons. The first kappa shape index (κ1) is 13.5. The molecule has 5 heteroatoms. The highest BCUT2D eigenvalue weighted by atomic mass is 15.2. The Morgan fingerprint density at radius 1 is 1.30 bits per heavy atom. The third kappa shape index (κ3) is 2.26. The molecule has 1 unspecified atom stereocenters. The Morgan fingerprint density at radius 2 is 2.09 bits per heavy atom. The lowest BCUT2D eigenvalue weighted by Gasteiger charge is -2.09. The van der Waals surface area contributed by atoms with Crippen molar-refractivity contribution in [3.8, 4) is 11.3 Å². The number of imidazole rings is 1. The number of hydrogen-bond acceptors (Lipinski definition) is 4. The topological polar surface area (TPSA) is 68.8 Å². The second kappa shape index (κ2) is 4.81. The zero-order chi connectivity index (χ0) is 15.6. The van der Waals surface area contributed by atoms with E-state index in [2.05, 4.69) is 27.1 Å². The lowest BCUT2D eigenvalue weighted by atomic mass is 10.1. The predicted octanol–water partition coefficient (Wildman–Crippen LogP) is 2.18. The molecule has 1 saturated heterocycles. The highest BCUT2D eigenvalue weighted by Crippen LogP contribution is 2.53. The molecule has 2 aromatic rings. The number of nitrogens with two attached hydrogens (primary N) is 1. The van der Waals surface area contributed by atoms with E-state index in [-0.39, 0.29) is 0 Å². The van der Waals surface area contributed by atoms with Gasteiger partial charge < -0.3 is 15.6 Å². The van der Waals surface area contributed by atoms with E-state index in [1.807, 2.05) is 13.1 Å². The van der Waals surface area contributed by atoms with Gasteiger partial charge in [0.2, 0.25) is 0 Å². The van der Waals surface area contributed by atoms with Gasteiger partial charge in [-0.15, -0.1) is 0 Å². The quantitative estimate of drug-likeness (QED) is 0.908. The van der Waals surface area contributed by atoms with Gasteiger partial charge in [0, 0.05) is 43.5 Å². The normalized spacial score (nSPS) is 28.8. The third-order valence-corrected chi connectivity index (χ3v) is 5.76. The van der Waals surface area contributed by atoms with Crippen molar-refractivity contribution in [2.45, 2.75) is 32.2 Å². The molecule has 5 rings (SSSR count). The minimum atomic E-state index is 0.606. The third-order valence-electron chi connectivity index (χ3n) is 5.76. The molecule has 120 valence electrons. The number of nitrogens with zero attached hydrogens (tertiary/aromatic N) is 3. The van der Waals surface area contributed by atoms with Gasteiger partial charge in [-0.25, -0.2) is 9.97 Å². The van der Waals surface area contributed by atoms with E-state index < -0.39 is 0 Å². The summed E-state index contributed by atoms with van der Waals surface area (Å²) in [4.78, 5) is 9.29. The fourth-order valence-electron chi connectivity index (χ4n) is 4.08. The van der Waals surface area contributed by atoms with Crippen molar-refractivity contribution in [1.29, 1.82) is 0 Å². The van der Waals surface area contributed by atoms with Gasteiger partial charge in [-0.05, 0) is 49.1 Å². The number of nitrogen functional groups attached to an aromatic ring is 1. The Balaban J connectivity index is 1.51. The number of pyridine rings is 1. The summed E-state index contributed by atoms with van der Waals surface area (Å²) in [5, 5.41) is 3.49. The maximum absolute atomic E-state index is 5.85. The van der Waals surface area contributed by atoms with Crippen LogP contribution in [0.15, 0.2) is 18.5 Å². The number of anilines is 1. The van der Waals surface area contributed by atoms with E-state index in [1.165, 1.54) is 18.7 Å². The molecule has 5 nitrogen and oxygen atoms in total. The van der Waals surface area contributed by atoms with Crippen LogP contribution in [0.5, 0.6) is 0 Å². The van der Waals surface area contributed by atoms with E-state index in [0.717, 1.165) is 54.1 Å². The standard InChI is InChI=1S/C18H23N5/c1-10-4-12(6-21-18(10)19)15-9-23(16(22-15)5-11-2-3-11)17-13-7-20-8-14(13)17/h4,6,9,11,13-14,17,20H,2-3,5,7-8H2,1H3,(H2,19,21)/t13-,14+,17?. The summed E-state index contributed by atoms with van der Waals surface area (Å²) in [5.74, 6) is 4.35. The van der Waals surface area contributed by atoms with Crippen LogP contribution in [0.3, 0.4) is 0 Å². The number of hydrogen-bond donors (Lipinski definition) is 2. The van der Waals surface area contributed by atoms with Crippen LogP contribution in [-0.2, 0) is 6.42 Å². The molecule has 3 atom stereocenters. The lowest BCUT2D eigenvalue weighted by molar-refractivity contribution is 0.542. The summed E-state index contributed by atoms with van der Waals surface area (Å²) in [7, 11) is 0. The van der Waals surface area contributed by atoms with E-state index in [0.29, 0.717) is 11.9 Å². The minimum Gasteiger partial charge on any atom is -0.383 e. The fraction of sp³-hybridized carbons (Fsp3) is 0.556. The molecule has 3 aliphatic rings. The van der Waals surface area contributed by atoms with Crippen molar-refractivity contribution in [3.63, 3.8) is 0 Å². The van der Waals surface area contributed by atoms with Crippen molar-refractivity contribution >= 4 is 5.82 Å². The smallest absolute Gasteiger partial charge is 0.126 e. The molecule has 23 heavy (non-hydrogen) atoms. The van der Waals surface area contributed by atoms with Crippen LogP contribution in [0.1, 0.15) is 30.3 Å². The molecule has 3 heterocycles. The number of nitrogens with one attached hydrogen (secondary N) is 1. The zero-order valence-corrected chi connectivity index (χ0v) is 13.5. The molecule has 3 N–H and O–H groups in total. The molecular formula is C18H23N5. The van der Waals surface area contributed by atoms with Crippen LogP contribution in [-0.4, -0.2) is 27.6 Å². The first-order valence-corrected chi connectivity index (χ1v) is 8.71. The molecule has 2 saturated carbocycles. The summed E-state index contributed by atoms with van der Waals surface area (Å²) in [6.07, 6.45) is 7.97. The van der Waals surface area contributed by atoms with E-state index in [1.54, 1.807) is 0 Å². The number of piperidine rings is 1. The average molecular weight is 309 g/mol. The minimum absolute atomic E-state index is 0.606. The largest absolute Gasteiger partial charge is 0.383 e. The maximum atomic E-state index is 5.85. The van der Waals surface area contributed by atoms with Crippen molar-refractivity contribution in [2.24, 2.45) is 17.8 Å². The number of aromatic nitrogens is 3. The van der Waals surface area contributed by atoms with Crippen molar-refractivity contribution in [3.05, 3.63) is 29.8 Å². The average Bonchev–Trinajstić information content (AvgIpc) is 3.38. The molecule has 1 aliphatic heterocycles. The molecule has 2 aliphatic carbocycles. The molecular weight excluding hydrogens is 286 g/mol. The van der Waals surface area contributed by atoms with Crippen LogP contribution in [0, 0.1) is 24.7 Å². The van der Waals surface area contributed by atoms with Gasteiger partial charge in [-0.3, -0.25) is 0 Å². The van der Waals surface area contributed by atoms with Gasteiger partial charge in [-0.2, -0.15) is 0 Å². The predicted molar refractivity (Wildman–Crippen MR) is 89.9 cm³/mol. The van der Waals surface area contributed by atoms with Gasteiger partial charge in [0.05, 0.1) is 5.69 Å². The monoisotopic (exact) mass is 309 g/mol. The summed E-state index contributed by atoms with van der Waals surface area (Å²) in [6, 6.07) is 2.76. The first-order chi connectivity index (χ1) is 11.2. The highest BCUT2D eigenvalue weighted by molar-refractivity contribution is 5.61. The van der Waals surface area contributed by atoms with Gasteiger partial charge in [-0.1, -0.05) is 0 Å². The van der Waals surface area contributed by atoms with Gasteiger partial charge in [0.25, 0.3) is 0 Å². The molecule has 0 aromatic carbocycles. The van der Waals surface area contributed by atoms with Crippen LogP contribution < -0.4 is 11.1 Å². The van der Waals surface area contributed by atoms with Crippen LogP contribution >= 0.6 is 0 Å². The summed E-state index contributed by atoms with van der Waals surface area (Å²) >= 11 is 0. The zero-order valence-electron chi connectivity index (χ0n) is 13.5. The molecule has 2 aromatic heterocycles. The SMILES string of the molecule is Cc1cc(-c2cn(C3[C@H]4CNC[C@@H]34)c(CC3CC3)n2)cnc1N. The maximum Gasteiger partial charge on any atom is 0.126 e. The Labute approximate surface area is 136 Å². The van der Waals surface area contributed by atoms with E-state index >= 15 is 0 Å². The van der Waals surface area contributed by atoms with Gasteiger partial charge in [0.15, 0.2) is 0 Å². The first-order valence-electron chi connectivity index (χ1n) is 8.71. The molecule has 0 spiro atoms. The number of rotatable bonds is 4. The fourth-order valence-corrected chi connectivity index (χ4v) is 4.08.